The van der Waals surface area contributed by atoms with Crippen molar-refractivity contribution in [2.45, 2.75) is 13.3 Å². The fraction of sp³-hybridized carbons (Fsp3) is 0.0588. The lowest BCUT2D eigenvalue weighted by molar-refractivity contribution is 0.762. The predicted molar refractivity (Wildman–Crippen MR) is 226 cm³/mol. The minimum Gasteiger partial charge on any atom is -0.354 e. The Hall–Kier alpha value is -6.64. The Morgan fingerprint density at radius 3 is 2.09 bits per heavy atom. The summed E-state index contributed by atoms with van der Waals surface area (Å²) >= 11 is 0. The largest absolute Gasteiger partial charge is 0.354 e. The van der Waals surface area contributed by atoms with Crippen molar-refractivity contribution < 1.29 is 0 Å². The number of nitrogens with one attached hydrogen (secondary N) is 1. The Kier molecular flexibility index (Phi) is 6.63. The van der Waals surface area contributed by atoms with E-state index in [2.05, 4.69) is 193 Å². The van der Waals surface area contributed by atoms with E-state index in [-0.39, 0.29) is 0 Å². The molecular weight excluding hydrogens is 641 g/mol. The van der Waals surface area contributed by atoms with Gasteiger partial charge in [-0.2, -0.15) is 0 Å². The maximum absolute atomic E-state index is 3.98. The average Bonchev–Trinajstić information content (AvgIpc) is 3.48. The number of hydrogen-bond acceptors (Lipinski definition) is 1. The topological polar surface area (TPSA) is 17.0 Å². The number of rotatable bonds is 3. The summed E-state index contributed by atoms with van der Waals surface area (Å²) < 4.78 is 2.47. The van der Waals surface area contributed by atoms with E-state index in [4.69, 9.17) is 0 Å². The smallest absolute Gasteiger partial charge is 0.0620 e. The minimum absolute atomic E-state index is 0.405. The fourth-order valence-electron chi connectivity index (χ4n) is 9.19. The molecule has 0 spiro atoms. The highest BCUT2D eigenvalue weighted by Gasteiger charge is 2.28. The van der Waals surface area contributed by atoms with Gasteiger partial charge in [-0.05, 0) is 98.8 Å². The van der Waals surface area contributed by atoms with Gasteiger partial charge in [0, 0.05) is 44.2 Å². The molecule has 1 unspecified atom stereocenters. The maximum Gasteiger partial charge on any atom is 0.0620 e. The summed E-state index contributed by atoms with van der Waals surface area (Å²) in [4.78, 5) is 0. The first-order valence-corrected chi connectivity index (χ1v) is 18.7. The summed E-state index contributed by atoms with van der Waals surface area (Å²) in [7, 11) is 0. The van der Waals surface area contributed by atoms with Crippen molar-refractivity contribution in [3.8, 4) is 27.9 Å². The molecule has 0 bridgehead atoms. The molecule has 2 aliphatic rings. The highest BCUT2D eigenvalue weighted by Crippen LogP contribution is 2.51. The van der Waals surface area contributed by atoms with E-state index >= 15 is 0 Å². The van der Waals surface area contributed by atoms with Crippen LogP contribution in [0.3, 0.4) is 0 Å². The second-order valence-electron chi connectivity index (χ2n) is 14.6. The predicted octanol–water partition coefficient (Wildman–Crippen LogP) is 14.0. The number of allylic oxidation sites excluding steroid dienone is 4. The number of benzene rings is 8. The van der Waals surface area contributed by atoms with Crippen LogP contribution in [0, 0.1) is 5.92 Å². The standard InChI is InChI=1S/C51H36N2/c1-32-15-14-25-39-44-30-35(29-43(33-16-4-2-5-17-33)50(44)52-46-26-13-12-24-41(46)48(32)39)42-31-45-49-37-21-9-8-18-34(37)27-28-47(49)53(36-19-6-3-7-20-36)51(45)40-23-11-10-22-38(40)42/h2-14,16-32,52H,15H2,1H3. The Morgan fingerprint density at radius 2 is 1.25 bits per heavy atom. The van der Waals surface area contributed by atoms with Gasteiger partial charge in [-0.25, -0.2) is 0 Å². The lowest BCUT2D eigenvalue weighted by Gasteiger charge is -2.23. The van der Waals surface area contributed by atoms with Crippen LogP contribution < -0.4 is 5.32 Å². The number of hydrogen-bond donors (Lipinski definition) is 1. The Labute approximate surface area is 309 Å². The van der Waals surface area contributed by atoms with E-state index in [0.717, 1.165) is 12.1 Å². The van der Waals surface area contributed by atoms with Crippen LogP contribution in [0.1, 0.15) is 24.5 Å². The Morgan fingerprint density at radius 1 is 0.547 bits per heavy atom. The van der Waals surface area contributed by atoms with Gasteiger partial charge in [0.15, 0.2) is 0 Å². The van der Waals surface area contributed by atoms with Crippen LogP contribution >= 0.6 is 0 Å². The van der Waals surface area contributed by atoms with Gasteiger partial charge >= 0.3 is 0 Å². The third-order valence-corrected chi connectivity index (χ3v) is 11.5. The highest BCUT2D eigenvalue weighted by atomic mass is 15.0. The lowest BCUT2D eigenvalue weighted by atomic mass is 9.80. The summed E-state index contributed by atoms with van der Waals surface area (Å²) in [5.41, 5.74) is 16.1. The van der Waals surface area contributed by atoms with Crippen molar-refractivity contribution >= 4 is 65.9 Å². The third kappa shape index (κ3) is 4.52. The van der Waals surface area contributed by atoms with E-state index in [1.54, 1.807) is 0 Å². The second kappa shape index (κ2) is 11.7. The average molecular weight is 677 g/mol. The van der Waals surface area contributed by atoms with E-state index in [1.165, 1.54) is 99.3 Å². The summed E-state index contributed by atoms with van der Waals surface area (Å²) in [6.07, 6.45) is 5.77. The minimum atomic E-state index is 0.405. The molecule has 1 aromatic heterocycles. The molecule has 1 N–H and O–H groups in total. The monoisotopic (exact) mass is 676 g/mol. The number of fused-ring (bicyclic) bond motifs is 11. The first-order chi connectivity index (χ1) is 26.2. The van der Waals surface area contributed by atoms with Crippen LogP contribution in [-0.4, -0.2) is 4.57 Å². The Balaban J connectivity index is 1.29. The van der Waals surface area contributed by atoms with Crippen molar-refractivity contribution in [2.75, 3.05) is 5.32 Å². The van der Waals surface area contributed by atoms with Crippen LogP contribution in [-0.2, 0) is 0 Å². The summed E-state index contributed by atoms with van der Waals surface area (Å²) in [6.45, 7) is 2.37. The molecule has 1 atom stereocenters. The van der Waals surface area contributed by atoms with Crippen molar-refractivity contribution in [3.63, 3.8) is 0 Å². The lowest BCUT2D eigenvalue weighted by Crippen LogP contribution is -2.04. The molecule has 9 aromatic rings. The van der Waals surface area contributed by atoms with Crippen LogP contribution in [0.15, 0.2) is 176 Å². The second-order valence-corrected chi connectivity index (χ2v) is 14.6. The normalized spacial score (nSPS) is 15.0. The highest BCUT2D eigenvalue weighted by molar-refractivity contribution is 6.28. The van der Waals surface area contributed by atoms with Gasteiger partial charge in [0.05, 0.1) is 16.7 Å². The molecule has 53 heavy (non-hydrogen) atoms. The van der Waals surface area contributed by atoms with E-state index in [0.29, 0.717) is 5.92 Å². The quantitative estimate of drug-likeness (QED) is 0.197. The van der Waals surface area contributed by atoms with Gasteiger partial charge < -0.3 is 9.88 Å². The molecule has 0 saturated carbocycles. The SMILES string of the molecule is CC1CC=CC2=C1c1ccccc1Nc1c2cc(-c2cc3c4c5ccccc5ccc4n(-c4ccccc4)c3c3ccccc23)cc1-c1ccccc1. The molecule has 0 amide bonds. The molecule has 1 aliphatic heterocycles. The number of aromatic nitrogens is 1. The molecule has 0 fully saturated rings. The molecule has 2 heterocycles. The molecule has 250 valence electrons. The number of para-hydroxylation sites is 2. The van der Waals surface area contributed by atoms with Crippen molar-refractivity contribution in [1.82, 2.24) is 4.57 Å². The maximum atomic E-state index is 3.98. The Bertz CT molecular complexity index is 3000. The van der Waals surface area contributed by atoms with Gasteiger partial charge in [-0.15, -0.1) is 0 Å². The first-order valence-electron chi connectivity index (χ1n) is 18.7. The zero-order valence-electron chi connectivity index (χ0n) is 29.5. The van der Waals surface area contributed by atoms with Gasteiger partial charge in [0.1, 0.15) is 0 Å². The molecule has 0 radical (unpaired) electrons. The molecular formula is C51H36N2. The van der Waals surface area contributed by atoms with Crippen LogP contribution in [0.25, 0.3) is 82.4 Å². The van der Waals surface area contributed by atoms with Gasteiger partial charge in [-0.1, -0.05) is 140 Å². The van der Waals surface area contributed by atoms with E-state index in [1.807, 2.05) is 0 Å². The third-order valence-electron chi connectivity index (χ3n) is 11.5. The number of nitrogens with zero attached hydrogens (tertiary/aromatic N) is 1. The van der Waals surface area contributed by atoms with Crippen molar-refractivity contribution in [1.29, 1.82) is 0 Å². The zero-order valence-corrected chi connectivity index (χ0v) is 29.5. The molecule has 2 heteroatoms. The van der Waals surface area contributed by atoms with Crippen LogP contribution in [0.2, 0.25) is 0 Å². The van der Waals surface area contributed by atoms with E-state index < -0.39 is 0 Å². The molecule has 2 nitrogen and oxygen atoms in total. The van der Waals surface area contributed by atoms with Crippen molar-refractivity contribution in [2.24, 2.45) is 5.92 Å². The summed E-state index contributed by atoms with van der Waals surface area (Å²) in [6, 6.07) is 60.3. The van der Waals surface area contributed by atoms with Crippen LogP contribution in [0.5, 0.6) is 0 Å². The first kappa shape index (κ1) is 30.0. The van der Waals surface area contributed by atoms with Gasteiger partial charge in [-0.3, -0.25) is 0 Å². The molecule has 1 aliphatic carbocycles. The summed E-state index contributed by atoms with van der Waals surface area (Å²) in [5.74, 6) is 0.405. The zero-order chi connectivity index (χ0) is 35.0. The van der Waals surface area contributed by atoms with Gasteiger partial charge in [0.2, 0.25) is 0 Å². The van der Waals surface area contributed by atoms with Gasteiger partial charge in [0.25, 0.3) is 0 Å². The van der Waals surface area contributed by atoms with Crippen molar-refractivity contribution in [3.05, 3.63) is 187 Å². The van der Waals surface area contributed by atoms with E-state index in [9.17, 15) is 0 Å². The molecule has 0 saturated heterocycles. The fourth-order valence-corrected chi connectivity index (χ4v) is 9.19. The van der Waals surface area contributed by atoms with Crippen LogP contribution in [0.4, 0.5) is 11.4 Å². The summed E-state index contributed by atoms with van der Waals surface area (Å²) in [5, 5.41) is 11.6. The number of anilines is 2. The molecule has 11 rings (SSSR count). The molecule has 8 aromatic carbocycles.